The van der Waals surface area contributed by atoms with Crippen LogP contribution in [0.5, 0.6) is 5.75 Å². The molecule has 0 aromatic carbocycles. The van der Waals surface area contributed by atoms with E-state index < -0.39 is 42.1 Å². The number of hydrogen-bond acceptors (Lipinski definition) is 7. The van der Waals surface area contributed by atoms with Crippen molar-refractivity contribution in [2.45, 2.75) is 44.9 Å². The zero-order valence-corrected chi connectivity index (χ0v) is 13.9. The van der Waals surface area contributed by atoms with Gasteiger partial charge in [0.25, 0.3) is 5.91 Å². The molecule has 0 radical (unpaired) electrons. The highest BCUT2D eigenvalue weighted by Gasteiger charge is 2.38. The molecule has 1 aromatic heterocycles. The number of amides is 2. The number of hydrogen-bond donors (Lipinski definition) is 3. The van der Waals surface area contributed by atoms with Crippen molar-refractivity contribution in [1.29, 1.82) is 0 Å². The van der Waals surface area contributed by atoms with Crippen LogP contribution in [0.15, 0.2) is 18.5 Å². The van der Waals surface area contributed by atoms with E-state index in [-0.39, 0.29) is 11.4 Å². The predicted molar refractivity (Wildman–Crippen MR) is 83.3 cm³/mol. The van der Waals surface area contributed by atoms with Gasteiger partial charge in [-0.3, -0.25) is 15.0 Å². The van der Waals surface area contributed by atoms with Crippen LogP contribution in [0.1, 0.15) is 27.2 Å². The van der Waals surface area contributed by atoms with E-state index in [2.05, 4.69) is 10.3 Å². The number of hydroxylamine groups is 1. The first kappa shape index (κ1) is 18.5. The molecule has 10 nitrogen and oxygen atoms in total. The maximum absolute atomic E-state index is 12.1. The van der Waals surface area contributed by atoms with Gasteiger partial charge in [-0.25, -0.2) is 9.59 Å². The molecule has 0 saturated carbocycles. The number of aliphatic carboxylic acids is 1. The summed E-state index contributed by atoms with van der Waals surface area (Å²) >= 11 is 0. The molecule has 25 heavy (non-hydrogen) atoms. The first-order chi connectivity index (χ1) is 11.6. The average molecular weight is 353 g/mol. The topological polar surface area (TPSA) is 138 Å². The third kappa shape index (κ3) is 4.57. The van der Waals surface area contributed by atoms with Crippen LogP contribution in [0.25, 0.3) is 0 Å². The minimum atomic E-state index is -1.44. The second-order valence-electron chi connectivity index (χ2n) is 6.37. The molecule has 2 unspecified atom stereocenters. The Labute approximate surface area is 143 Å². The Hall–Kier alpha value is -2.88. The highest BCUT2D eigenvalue weighted by molar-refractivity contribution is 5.98. The zero-order valence-electron chi connectivity index (χ0n) is 13.9. The third-order valence-electron chi connectivity index (χ3n) is 3.18. The molecule has 0 spiro atoms. The van der Waals surface area contributed by atoms with E-state index >= 15 is 0 Å². The van der Waals surface area contributed by atoms with Crippen LogP contribution in [-0.4, -0.2) is 51.0 Å². The van der Waals surface area contributed by atoms with Crippen molar-refractivity contribution >= 4 is 23.7 Å². The Bertz CT molecular complexity index is 686. The number of rotatable bonds is 4. The van der Waals surface area contributed by atoms with Crippen LogP contribution in [0.4, 0.5) is 10.5 Å². The van der Waals surface area contributed by atoms with Crippen LogP contribution in [0.2, 0.25) is 0 Å². The summed E-state index contributed by atoms with van der Waals surface area (Å²) in [7, 11) is 0. The van der Waals surface area contributed by atoms with Gasteiger partial charge in [0.15, 0.2) is 6.10 Å². The van der Waals surface area contributed by atoms with E-state index in [0.717, 1.165) is 0 Å². The van der Waals surface area contributed by atoms with Crippen molar-refractivity contribution in [1.82, 2.24) is 10.3 Å². The lowest BCUT2D eigenvalue weighted by atomic mass is 10.1. The standard InChI is InChI=1S/C15H19N3O7/c1-15(2,3)25-14(22)17-8(13(20)21)6-11-12(19)18(23)9-7-16-5-4-10(9)24-11/h4-5,7-8,11,23H,6H2,1-3H3,(H,17,22)(H,20,21). The molecule has 136 valence electrons. The van der Waals surface area contributed by atoms with E-state index in [0.29, 0.717) is 5.06 Å². The van der Waals surface area contributed by atoms with Crippen LogP contribution in [0.3, 0.4) is 0 Å². The summed E-state index contributed by atoms with van der Waals surface area (Å²) in [6, 6.07) is -0.0182. The first-order valence-electron chi connectivity index (χ1n) is 7.44. The van der Waals surface area contributed by atoms with Crippen molar-refractivity contribution in [3.8, 4) is 5.75 Å². The van der Waals surface area contributed by atoms with Crippen LogP contribution < -0.4 is 15.1 Å². The first-order valence-corrected chi connectivity index (χ1v) is 7.44. The van der Waals surface area contributed by atoms with Crippen molar-refractivity contribution in [2.24, 2.45) is 0 Å². The van der Waals surface area contributed by atoms with Gasteiger partial charge in [0.1, 0.15) is 23.1 Å². The molecule has 0 saturated heterocycles. The van der Waals surface area contributed by atoms with E-state index in [4.69, 9.17) is 9.47 Å². The van der Waals surface area contributed by atoms with Crippen LogP contribution in [0, 0.1) is 0 Å². The number of aromatic nitrogens is 1. The maximum atomic E-state index is 12.1. The van der Waals surface area contributed by atoms with E-state index in [1.807, 2.05) is 0 Å². The van der Waals surface area contributed by atoms with Gasteiger partial charge in [0.05, 0.1) is 6.20 Å². The van der Waals surface area contributed by atoms with E-state index in [9.17, 15) is 24.7 Å². The molecule has 0 aliphatic carbocycles. The fourth-order valence-electron chi connectivity index (χ4n) is 2.13. The number of anilines is 1. The van der Waals surface area contributed by atoms with Gasteiger partial charge in [0.2, 0.25) is 0 Å². The molecule has 0 bridgehead atoms. The summed E-state index contributed by atoms with van der Waals surface area (Å²) in [5.41, 5.74) is -0.756. The van der Waals surface area contributed by atoms with Crippen molar-refractivity contribution in [3.05, 3.63) is 18.5 Å². The second kappa shape index (κ2) is 6.93. The van der Waals surface area contributed by atoms with Gasteiger partial charge in [-0.2, -0.15) is 5.06 Å². The maximum Gasteiger partial charge on any atom is 0.408 e. The normalized spacial score (nSPS) is 18.0. The fraction of sp³-hybridized carbons (Fsp3) is 0.467. The molecule has 10 heteroatoms. The van der Waals surface area contributed by atoms with Crippen molar-refractivity contribution in [2.75, 3.05) is 5.06 Å². The molecular formula is C15H19N3O7. The summed E-state index contributed by atoms with van der Waals surface area (Å²) < 4.78 is 10.4. The summed E-state index contributed by atoms with van der Waals surface area (Å²) in [5.74, 6) is -2.06. The van der Waals surface area contributed by atoms with Crippen molar-refractivity contribution < 1.29 is 34.2 Å². The number of carbonyl (C=O) groups excluding carboxylic acids is 2. The fourth-order valence-corrected chi connectivity index (χ4v) is 2.13. The Morgan fingerprint density at radius 1 is 1.48 bits per heavy atom. The molecule has 3 N–H and O–H groups in total. The Morgan fingerprint density at radius 3 is 2.76 bits per heavy atom. The summed E-state index contributed by atoms with van der Waals surface area (Å²) in [6.45, 7) is 4.89. The molecule has 1 aliphatic rings. The van der Waals surface area contributed by atoms with Gasteiger partial charge in [-0.15, -0.1) is 0 Å². The minimum absolute atomic E-state index is 0.0516. The Kier molecular flexibility index (Phi) is 5.12. The van der Waals surface area contributed by atoms with Crippen LogP contribution >= 0.6 is 0 Å². The van der Waals surface area contributed by atoms with Gasteiger partial charge in [-0.05, 0) is 20.8 Å². The summed E-state index contributed by atoms with van der Waals surface area (Å²) in [4.78, 5) is 39.1. The number of carboxylic acids is 1. The highest BCUT2D eigenvalue weighted by atomic mass is 16.6. The Balaban J connectivity index is 2.11. The van der Waals surface area contributed by atoms with Crippen LogP contribution in [-0.2, 0) is 14.3 Å². The number of alkyl carbamates (subject to hydrolysis) is 1. The molecule has 2 amide bonds. The third-order valence-corrected chi connectivity index (χ3v) is 3.18. The van der Waals surface area contributed by atoms with Gasteiger partial charge in [0, 0.05) is 18.7 Å². The molecule has 0 fully saturated rings. The highest BCUT2D eigenvalue weighted by Crippen LogP contribution is 2.32. The number of ether oxygens (including phenoxy) is 2. The monoisotopic (exact) mass is 353 g/mol. The number of nitrogens with one attached hydrogen (secondary N) is 1. The second-order valence-corrected chi connectivity index (χ2v) is 6.37. The molecule has 2 rings (SSSR count). The lowest BCUT2D eigenvalue weighted by molar-refractivity contribution is -0.141. The number of fused-ring (bicyclic) bond motifs is 1. The van der Waals surface area contributed by atoms with E-state index in [1.54, 1.807) is 20.8 Å². The van der Waals surface area contributed by atoms with Gasteiger partial charge >= 0.3 is 12.1 Å². The largest absolute Gasteiger partial charge is 0.480 e. The SMILES string of the molecule is CC(C)(C)OC(=O)NC(CC1Oc2ccncc2N(O)C1=O)C(=O)O. The summed E-state index contributed by atoms with van der Waals surface area (Å²) in [6.07, 6.45) is 0.000707. The lowest BCUT2D eigenvalue weighted by Gasteiger charge is -2.31. The zero-order chi connectivity index (χ0) is 18.8. The number of nitrogens with zero attached hydrogens (tertiary/aromatic N) is 2. The van der Waals surface area contributed by atoms with Gasteiger partial charge in [-0.1, -0.05) is 0 Å². The number of carboxylic acid groups (broad SMARTS) is 1. The summed E-state index contributed by atoms with van der Waals surface area (Å²) in [5, 5.41) is 21.7. The molecule has 1 aromatic rings. The van der Waals surface area contributed by atoms with Crippen molar-refractivity contribution in [3.63, 3.8) is 0 Å². The number of pyridine rings is 1. The quantitative estimate of drug-likeness (QED) is 0.680. The molecule has 2 heterocycles. The molecule has 2 atom stereocenters. The predicted octanol–water partition coefficient (Wildman–Crippen LogP) is 0.933. The minimum Gasteiger partial charge on any atom is -0.480 e. The van der Waals surface area contributed by atoms with Gasteiger partial charge < -0.3 is 19.9 Å². The number of carbonyl (C=O) groups is 3. The van der Waals surface area contributed by atoms with E-state index in [1.165, 1.54) is 18.5 Å². The average Bonchev–Trinajstić information content (AvgIpc) is 2.49. The molecule has 1 aliphatic heterocycles. The Morgan fingerprint density at radius 2 is 2.16 bits per heavy atom. The lowest BCUT2D eigenvalue weighted by Crippen LogP contribution is -2.51. The molecular weight excluding hydrogens is 334 g/mol. The smallest absolute Gasteiger partial charge is 0.408 e.